The Morgan fingerprint density at radius 3 is 2.89 bits per heavy atom. The first kappa shape index (κ1) is 12.1. The average Bonchev–Trinajstić information content (AvgIpc) is 2.40. The predicted octanol–water partition coefficient (Wildman–Crippen LogP) is 3.01. The molecule has 3 nitrogen and oxygen atoms in total. The minimum atomic E-state index is -0.229. The van der Waals surface area contributed by atoms with Crippen LogP contribution < -0.4 is 5.32 Å². The molecule has 2 rings (SSSR count). The van der Waals surface area contributed by atoms with Gasteiger partial charge in [-0.3, -0.25) is 0 Å². The lowest BCUT2D eigenvalue weighted by atomic mass is 10.2. The zero-order valence-corrected chi connectivity index (χ0v) is 9.94. The molecule has 0 amide bonds. The van der Waals surface area contributed by atoms with Crippen molar-refractivity contribution >= 4 is 5.69 Å². The van der Waals surface area contributed by atoms with E-state index in [0.29, 0.717) is 23.5 Å². The maximum absolute atomic E-state index is 13.3. The monoisotopic (exact) mass is 241 g/mol. The lowest BCUT2D eigenvalue weighted by Crippen LogP contribution is -2.01. The molecule has 1 heterocycles. The van der Waals surface area contributed by atoms with E-state index in [2.05, 4.69) is 10.3 Å². The fourth-order valence-electron chi connectivity index (χ4n) is 1.55. The SMILES string of the molecule is Cc1ccc(NCc2ccnc(C#N)c2)cc1F. The van der Waals surface area contributed by atoms with Crippen LogP contribution >= 0.6 is 0 Å². The second-order valence-corrected chi connectivity index (χ2v) is 3.98. The van der Waals surface area contributed by atoms with Gasteiger partial charge in [-0.15, -0.1) is 0 Å². The van der Waals surface area contributed by atoms with Crippen LogP contribution in [0.5, 0.6) is 0 Å². The average molecular weight is 241 g/mol. The highest BCUT2D eigenvalue weighted by Crippen LogP contribution is 2.14. The van der Waals surface area contributed by atoms with Crippen molar-refractivity contribution in [1.29, 1.82) is 5.26 Å². The summed E-state index contributed by atoms with van der Waals surface area (Å²) in [4.78, 5) is 3.89. The van der Waals surface area contributed by atoms with E-state index < -0.39 is 0 Å². The third kappa shape index (κ3) is 2.83. The van der Waals surface area contributed by atoms with Gasteiger partial charge in [0.05, 0.1) is 0 Å². The van der Waals surface area contributed by atoms with Gasteiger partial charge in [-0.2, -0.15) is 5.26 Å². The van der Waals surface area contributed by atoms with Gasteiger partial charge in [0, 0.05) is 18.4 Å². The quantitative estimate of drug-likeness (QED) is 0.898. The van der Waals surface area contributed by atoms with E-state index in [4.69, 9.17) is 5.26 Å². The Morgan fingerprint density at radius 2 is 2.17 bits per heavy atom. The van der Waals surface area contributed by atoms with Crippen LogP contribution in [0.4, 0.5) is 10.1 Å². The summed E-state index contributed by atoms with van der Waals surface area (Å²) in [6.45, 7) is 2.25. The molecule has 2 aromatic rings. The molecule has 18 heavy (non-hydrogen) atoms. The topological polar surface area (TPSA) is 48.7 Å². The van der Waals surface area contributed by atoms with E-state index in [-0.39, 0.29) is 5.82 Å². The number of hydrogen-bond acceptors (Lipinski definition) is 3. The normalized spacial score (nSPS) is 9.83. The Balaban J connectivity index is 2.07. The third-order valence-corrected chi connectivity index (χ3v) is 2.61. The number of pyridine rings is 1. The molecular formula is C14H12FN3. The fraction of sp³-hybridized carbons (Fsp3) is 0.143. The number of rotatable bonds is 3. The van der Waals surface area contributed by atoms with Crippen LogP contribution in [0, 0.1) is 24.1 Å². The predicted molar refractivity (Wildman–Crippen MR) is 67.4 cm³/mol. The van der Waals surface area contributed by atoms with Crippen LogP contribution in [-0.4, -0.2) is 4.98 Å². The second-order valence-electron chi connectivity index (χ2n) is 3.98. The molecule has 1 aromatic heterocycles. The van der Waals surface area contributed by atoms with Crippen LogP contribution in [0.2, 0.25) is 0 Å². The Kier molecular flexibility index (Phi) is 3.54. The minimum absolute atomic E-state index is 0.229. The first-order chi connectivity index (χ1) is 8.69. The molecule has 0 bridgehead atoms. The molecule has 0 saturated heterocycles. The van der Waals surface area contributed by atoms with Crippen molar-refractivity contribution < 1.29 is 4.39 Å². The highest BCUT2D eigenvalue weighted by Gasteiger charge is 2.00. The van der Waals surface area contributed by atoms with Crippen LogP contribution in [-0.2, 0) is 6.54 Å². The van der Waals surface area contributed by atoms with E-state index >= 15 is 0 Å². The zero-order valence-electron chi connectivity index (χ0n) is 9.94. The molecule has 0 aliphatic heterocycles. The van der Waals surface area contributed by atoms with E-state index in [1.54, 1.807) is 25.3 Å². The van der Waals surface area contributed by atoms with Crippen molar-refractivity contribution in [3.63, 3.8) is 0 Å². The number of halogens is 1. The van der Waals surface area contributed by atoms with Crippen LogP contribution in [0.3, 0.4) is 0 Å². The van der Waals surface area contributed by atoms with E-state index in [1.807, 2.05) is 18.2 Å². The molecule has 0 aliphatic rings. The smallest absolute Gasteiger partial charge is 0.140 e. The zero-order chi connectivity index (χ0) is 13.0. The lowest BCUT2D eigenvalue weighted by molar-refractivity contribution is 0.619. The largest absolute Gasteiger partial charge is 0.381 e. The van der Waals surface area contributed by atoms with Gasteiger partial charge in [0.1, 0.15) is 17.6 Å². The van der Waals surface area contributed by atoms with Gasteiger partial charge in [0.25, 0.3) is 0 Å². The van der Waals surface area contributed by atoms with Crippen molar-refractivity contribution in [3.05, 3.63) is 59.2 Å². The number of aryl methyl sites for hydroxylation is 1. The van der Waals surface area contributed by atoms with Crippen molar-refractivity contribution in [2.45, 2.75) is 13.5 Å². The van der Waals surface area contributed by atoms with Crippen LogP contribution in [0.15, 0.2) is 36.5 Å². The Bertz CT molecular complexity index is 602. The first-order valence-corrected chi connectivity index (χ1v) is 5.54. The van der Waals surface area contributed by atoms with E-state index in [1.165, 1.54) is 6.07 Å². The van der Waals surface area contributed by atoms with Gasteiger partial charge in [0.2, 0.25) is 0 Å². The summed E-state index contributed by atoms with van der Waals surface area (Å²) >= 11 is 0. The van der Waals surface area contributed by atoms with Gasteiger partial charge in [-0.05, 0) is 42.3 Å². The summed E-state index contributed by atoms with van der Waals surface area (Å²) < 4.78 is 13.3. The maximum atomic E-state index is 13.3. The summed E-state index contributed by atoms with van der Waals surface area (Å²) in [5, 5.41) is 11.8. The Morgan fingerprint density at radius 1 is 1.33 bits per heavy atom. The number of benzene rings is 1. The summed E-state index contributed by atoms with van der Waals surface area (Å²) in [5.74, 6) is -0.229. The first-order valence-electron chi connectivity index (χ1n) is 5.54. The molecule has 90 valence electrons. The summed E-state index contributed by atoms with van der Waals surface area (Å²) in [5.41, 5.74) is 2.65. The van der Waals surface area contributed by atoms with Gasteiger partial charge in [0.15, 0.2) is 0 Å². The Labute approximate surface area is 105 Å². The number of hydrogen-bond donors (Lipinski definition) is 1. The number of nitriles is 1. The van der Waals surface area contributed by atoms with E-state index in [9.17, 15) is 4.39 Å². The van der Waals surface area contributed by atoms with Crippen molar-refractivity contribution in [1.82, 2.24) is 4.98 Å². The minimum Gasteiger partial charge on any atom is -0.381 e. The molecule has 0 fully saturated rings. The highest BCUT2D eigenvalue weighted by molar-refractivity contribution is 5.45. The third-order valence-electron chi connectivity index (χ3n) is 2.61. The highest BCUT2D eigenvalue weighted by atomic mass is 19.1. The Hall–Kier alpha value is -2.41. The fourth-order valence-corrected chi connectivity index (χ4v) is 1.55. The maximum Gasteiger partial charge on any atom is 0.140 e. The van der Waals surface area contributed by atoms with Crippen molar-refractivity contribution in [2.24, 2.45) is 0 Å². The van der Waals surface area contributed by atoms with Gasteiger partial charge < -0.3 is 5.32 Å². The molecular weight excluding hydrogens is 229 g/mol. The standard InChI is InChI=1S/C14H12FN3/c1-10-2-3-12(7-14(10)15)18-9-11-4-5-17-13(6-11)8-16/h2-7,18H,9H2,1H3. The second kappa shape index (κ2) is 5.28. The van der Waals surface area contributed by atoms with Crippen molar-refractivity contribution in [3.8, 4) is 6.07 Å². The number of aromatic nitrogens is 1. The molecule has 0 radical (unpaired) electrons. The van der Waals surface area contributed by atoms with E-state index in [0.717, 1.165) is 5.56 Å². The molecule has 1 aromatic carbocycles. The van der Waals surface area contributed by atoms with Crippen LogP contribution in [0.25, 0.3) is 0 Å². The van der Waals surface area contributed by atoms with Crippen molar-refractivity contribution in [2.75, 3.05) is 5.32 Å². The van der Waals surface area contributed by atoms with Gasteiger partial charge in [-0.1, -0.05) is 6.07 Å². The van der Waals surface area contributed by atoms with Gasteiger partial charge >= 0.3 is 0 Å². The molecule has 0 saturated carbocycles. The molecule has 0 aliphatic carbocycles. The number of nitrogens with zero attached hydrogens (tertiary/aromatic N) is 2. The van der Waals surface area contributed by atoms with Gasteiger partial charge in [-0.25, -0.2) is 9.37 Å². The molecule has 0 atom stereocenters. The summed E-state index contributed by atoms with van der Waals surface area (Å²) in [7, 11) is 0. The number of nitrogens with one attached hydrogen (secondary N) is 1. The molecule has 1 N–H and O–H groups in total. The molecule has 0 unspecified atom stereocenters. The summed E-state index contributed by atoms with van der Waals surface area (Å²) in [6, 6.07) is 10.5. The van der Waals surface area contributed by atoms with Crippen LogP contribution in [0.1, 0.15) is 16.8 Å². The number of anilines is 1. The molecule has 0 spiro atoms. The lowest BCUT2D eigenvalue weighted by Gasteiger charge is -2.07. The molecule has 4 heteroatoms. The summed E-state index contributed by atoms with van der Waals surface area (Å²) in [6.07, 6.45) is 1.59.